The first-order chi connectivity index (χ1) is 11.9. The normalized spacial score (nSPS) is 20.7. The van der Waals surface area contributed by atoms with E-state index in [-0.39, 0.29) is 12.1 Å². The van der Waals surface area contributed by atoms with Gasteiger partial charge in [0.2, 0.25) is 0 Å². The highest BCUT2D eigenvalue weighted by Gasteiger charge is 2.43. The van der Waals surface area contributed by atoms with Crippen molar-refractivity contribution < 1.29 is 28.0 Å². The number of hydrogen-bond acceptors (Lipinski definition) is 4. The zero-order chi connectivity index (χ0) is 18.1. The molecular formula is C17H13F3N2O3. The van der Waals surface area contributed by atoms with E-state index in [0.29, 0.717) is 11.3 Å². The molecule has 0 aliphatic carbocycles. The summed E-state index contributed by atoms with van der Waals surface area (Å²) in [6.45, 7) is -0.298. The molecule has 2 atom stereocenters. The Kier molecular flexibility index (Phi) is 4.56. The number of hydrogen-bond donors (Lipinski definition) is 1. The molecule has 1 heterocycles. The van der Waals surface area contributed by atoms with Gasteiger partial charge in [-0.15, -0.1) is 0 Å². The molecule has 1 saturated heterocycles. The molecule has 1 amide bonds. The predicted molar refractivity (Wildman–Crippen MR) is 80.0 cm³/mol. The molecule has 1 N–H and O–H groups in total. The first-order valence-electron chi connectivity index (χ1n) is 7.37. The van der Waals surface area contributed by atoms with Crippen LogP contribution in [0.4, 0.5) is 13.2 Å². The summed E-state index contributed by atoms with van der Waals surface area (Å²) in [6, 6.07) is 6.89. The summed E-state index contributed by atoms with van der Waals surface area (Å²) >= 11 is 0. The molecule has 0 bridgehead atoms. The van der Waals surface area contributed by atoms with Crippen LogP contribution >= 0.6 is 0 Å². The number of hydroxylamine groups is 2. The summed E-state index contributed by atoms with van der Waals surface area (Å²) < 4.78 is 41.4. The number of benzene rings is 2. The summed E-state index contributed by atoms with van der Waals surface area (Å²) in [5.41, 5.74) is -0.638. The maximum absolute atomic E-state index is 13.9. The Bertz CT molecular complexity index is 810. The number of halogens is 3. The fraction of sp³-hybridized carbons (Fsp3) is 0.176. The van der Waals surface area contributed by atoms with Crippen LogP contribution in [0.5, 0.6) is 0 Å². The fourth-order valence-corrected chi connectivity index (χ4v) is 2.85. The Morgan fingerprint density at radius 3 is 2.36 bits per heavy atom. The van der Waals surface area contributed by atoms with E-state index in [9.17, 15) is 28.0 Å². The molecule has 3 rings (SSSR count). The average molecular weight is 350 g/mol. The molecule has 1 aliphatic rings. The molecular weight excluding hydrogens is 337 g/mol. The average Bonchev–Trinajstić information content (AvgIpc) is 2.91. The van der Waals surface area contributed by atoms with Gasteiger partial charge >= 0.3 is 0 Å². The van der Waals surface area contributed by atoms with Crippen molar-refractivity contribution in [2.75, 3.05) is 6.54 Å². The van der Waals surface area contributed by atoms with E-state index < -0.39 is 41.1 Å². The molecule has 1 fully saturated rings. The molecule has 5 nitrogen and oxygen atoms in total. The second-order valence-electron chi connectivity index (χ2n) is 5.57. The van der Waals surface area contributed by atoms with Gasteiger partial charge in [-0.25, -0.2) is 13.2 Å². The Balaban J connectivity index is 2.06. The van der Waals surface area contributed by atoms with Gasteiger partial charge in [0.1, 0.15) is 41.5 Å². The third-order valence-electron chi connectivity index (χ3n) is 4.01. The monoisotopic (exact) mass is 350 g/mol. The fourth-order valence-electron chi connectivity index (χ4n) is 2.85. The van der Waals surface area contributed by atoms with E-state index in [0.717, 1.165) is 29.2 Å². The highest BCUT2D eigenvalue weighted by molar-refractivity contribution is 5.95. The van der Waals surface area contributed by atoms with E-state index in [4.69, 9.17) is 0 Å². The standard InChI is InChI=1S/C17H13F3N2O3/c18-11-4-1-3-10(7-11)16-21(8-12(9-23)22(16)25)17(24)15-13(19)5-2-6-14(15)20/h1-7,9,12,16,25H,8H2. The predicted octanol–water partition coefficient (Wildman–Crippen LogP) is 2.52. The Morgan fingerprint density at radius 1 is 1.12 bits per heavy atom. The van der Waals surface area contributed by atoms with E-state index in [1.54, 1.807) is 0 Å². The van der Waals surface area contributed by atoms with Gasteiger partial charge in [-0.05, 0) is 29.8 Å². The van der Waals surface area contributed by atoms with Crippen molar-refractivity contribution in [1.29, 1.82) is 0 Å². The first-order valence-corrected chi connectivity index (χ1v) is 7.37. The highest BCUT2D eigenvalue weighted by atomic mass is 19.1. The van der Waals surface area contributed by atoms with Crippen LogP contribution in [0.15, 0.2) is 42.5 Å². The van der Waals surface area contributed by atoms with Crippen LogP contribution in [0.1, 0.15) is 22.1 Å². The number of amides is 1. The molecule has 25 heavy (non-hydrogen) atoms. The highest BCUT2D eigenvalue weighted by Crippen LogP contribution is 2.33. The number of carbonyl (C=O) groups is 2. The quantitative estimate of drug-likeness (QED) is 0.864. The lowest BCUT2D eigenvalue weighted by Gasteiger charge is -2.27. The largest absolute Gasteiger partial charge is 0.314 e. The van der Waals surface area contributed by atoms with Crippen LogP contribution in [-0.4, -0.2) is 40.0 Å². The zero-order valence-electron chi connectivity index (χ0n) is 12.8. The lowest BCUT2D eigenvalue weighted by molar-refractivity contribution is -0.154. The third kappa shape index (κ3) is 3.01. The smallest absolute Gasteiger partial charge is 0.261 e. The van der Waals surface area contributed by atoms with Crippen LogP contribution in [0.2, 0.25) is 0 Å². The molecule has 2 unspecified atom stereocenters. The third-order valence-corrected chi connectivity index (χ3v) is 4.01. The minimum absolute atomic E-state index is 0.164. The Labute approximate surface area is 140 Å². The second-order valence-corrected chi connectivity index (χ2v) is 5.57. The SMILES string of the molecule is O=CC1CN(C(=O)c2c(F)cccc2F)C(c2cccc(F)c2)N1O. The van der Waals surface area contributed by atoms with E-state index in [2.05, 4.69) is 0 Å². The van der Waals surface area contributed by atoms with Gasteiger partial charge in [-0.1, -0.05) is 18.2 Å². The summed E-state index contributed by atoms with van der Waals surface area (Å²) in [7, 11) is 0. The van der Waals surface area contributed by atoms with Crippen molar-refractivity contribution in [1.82, 2.24) is 9.96 Å². The lowest BCUT2D eigenvalue weighted by atomic mass is 10.1. The van der Waals surface area contributed by atoms with Crippen molar-refractivity contribution >= 4 is 12.2 Å². The van der Waals surface area contributed by atoms with E-state index >= 15 is 0 Å². The van der Waals surface area contributed by atoms with E-state index in [1.807, 2.05) is 0 Å². The van der Waals surface area contributed by atoms with Gasteiger partial charge in [0.15, 0.2) is 0 Å². The molecule has 130 valence electrons. The number of aldehydes is 1. The maximum atomic E-state index is 13.9. The van der Waals surface area contributed by atoms with Crippen molar-refractivity contribution in [2.45, 2.75) is 12.2 Å². The topological polar surface area (TPSA) is 60.9 Å². The zero-order valence-corrected chi connectivity index (χ0v) is 12.8. The van der Waals surface area contributed by atoms with Crippen LogP contribution in [-0.2, 0) is 4.79 Å². The molecule has 0 radical (unpaired) electrons. The van der Waals surface area contributed by atoms with Crippen LogP contribution in [0.25, 0.3) is 0 Å². The van der Waals surface area contributed by atoms with Crippen molar-refractivity contribution in [2.24, 2.45) is 0 Å². The summed E-state index contributed by atoms with van der Waals surface area (Å²) in [5, 5.41) is 10.8. The molecule has 1 aliphatic heterocycles. The second kappa shape index (κ2) is 6.66. The van der Waals surface area contributed by atoms with Gasteiger partial charge in [-0.2, -0.15) is 5.06 Å². The Morgan fingerprint density at radius 2 is 1.76 bits per heavy atom. The molecule has 0 aromatic heterocycles. The number of rotatable bonds is 3. The van der Waals surface area contributed by atoms with Crippen molar-refractivity contribution in [3.05, 3.63) is 71.0 Å². The summed E-state index contributed by atoms with van der Waals surface area (Å²) in [5.74, 6) is -3.80. The van der Waals surface area contributed by atoms with Gasteiger partial charge < -0.3 is 14.9 Å². The van der Waals surface area contributed by atoms with Crippen LogP contribution in [0.3, 0.4) is 0 Å². The number of carbonyl (C=O) groups excluding carboxylic acids is 2. The van der Waals surface area contributed by atoms with E-state index in [1.165, 1.54) is 18.2 Å². The molecule has 2 aromatic carbocycles. The summed E-state index contributed by atoms with van der Waals surface area (Å²) in [4.78, 5) is 24.7. The Hall–Kier alpha value is -2.71. The van der Waals surface area contributed by atoms with Crippen LogP contribution in [0, 0.1) is 17.5 Å². The van der Waals surface area contributed by atoms with Crippen molar-refractivity contribution in [3.8, 4) is 0 Å². The van der Waals surface area contributed by atoms with Gasteiger partial charge in [-0.3, -0.25) is 4.79 Å². The van der Waals surface area contributed by atoms with Gasteiger partial charge in [0.25, 0.3) is 5.91 Å². The minimum atomic E-state index is -1.25. The summed E-state index contributed by atoms with van der Waals surface area (Å²) in [6.07, 6.45) is -0.852. The molecule has 0 saturated carbocycles. The maximum Gasteiger partial charge on any atom is 0.261 e. The lowest BCUT2D eigenvalue weighted by Crippen LogP contribution is -2.35. The minimum Gasteiger partial charge on any atom is -0.314 e. The first kappa shape index (κ1) is 17.1. The molecule has 0 spiro atoms. The van der Waals surface area contributed by atoms with Gasteiger partial charge in [0.05, 0.1) is 0 Å². The van der Waals surface area contributed by atoms with Crippen molar-refractivity contribution in [3.63, 3.8) is 0 Å². The van der Waals surface area contributed by atoms with Crippen LogP contribution < -0.4 is 0 Å². The number of nitrogens with zero attached hydrogens (tertiary/aromatic N) is 2. The molecule has 8 heteroatoms. The van der Waals surface area contributed by atoms with Gasteiger partial charge in [0, 0.05) is 6.54 Å². The molecule has 2 aromatic rings.